The molecule has 0 atom stereocenters. The highest BCUT2D eigenvalue weighted by atomic mass is 32.1. The maximum Gasteiger partial charge on any atom is 0.246 e. The van der Waals surface area contributed by atoms with Crippen molar-refractivity contribution in [1.29, 1.82) is 0 Å². The molecule has 3 rings (SSSR count). The SMILES string of the molecule is CCNC(=NCCc1cccs1)N1CCN(c2cnn(C)c2)C(=O)C1. The molecule has 0 radical (unpaired) electrons. The molecule has 2 aromatic heterocycles. The van der Waals surface area contributed by atoms with Crippen LogP contribution in [0.4, 0.5) is 5.69 Å². The second-order valence-corrected chi connectivity index (χ2v) is 6.94. The average molecular weight is 360 g/mol. The van der Waals surface area contributed by atoms with E-state index in [1.165, 1.54) is 4.88 Å². The number of carbonyl (C=O) groups excluding carboxylic acids is 1. The van der Waals surface area contributed by atoms with Crippen molar-refractivity contribution < 1.29 is 4.79 Å². The van der Waals surface area contributed by atoms with E-state index in [1.54, 1.807) is 27.1 Å². The number of guanidine groups is 1. The van der Waals surface area contributed by atoms with Gasteiger partial charge in [0.25, 0.3) is 0 Å². The van der Waals surface area contributed by atoms with E-state index < -0.39 is 0 Å². The van der Waals surface area contributed by atoms with Gasteiger partial charge in [-0.05, 0) is 18.4 Å². The second-order valence-electron chi connectivity index (χ2n) is 5.90. The third-order valence-electron chi connectivity index (χ3n) is 4.06. The molecule has 0 unspecified atom stereocenters. The molecule has 1 aliphatic rings. The third kappa shape index (κ3) is 4.39. The van der Waals surface area contributed by atoms with Crippen molar-refractivity contribution >= 4 is 28.9 Å². The molecule has 8 heteroatoms. The molecule has 0 spiro atoms. The Bertz CT molecular complexity index is 723. The van der Waals surface area contributed by atoms with Crippen molar-refractivity contribution in [1.82, 2.24) is 20.0 Å². The van der Waals surface area contributed by atoms with Gasteiger partial charge in [0, 0.05) is 50.7 Å². The van der Waals surface area contributed by atoms with Gasteiger partial charge in [-0.25, -0.2) is 0 Å². The third-order valence-corrected chi connectivity index (χ3v) is 4.99. The Hall–Kier alpha value is -2.35. The van der Waals surface area contributed by atoms with E-state index in [-0.39, 0.29) is 5.91 Å². The predicted molar refractivity (Wildman–Crippen MR) is 101 cm³/mol. The number of piperazine rings is 1. The Labute approximate surface area is 152 Å². The van der Waals surface area contributed by atoms with Crippen molar-refractivity contribution in [2.24, 2.45) is 12.0 Å². The molecular formula is C17H24N6OS. The molecule has 134 valence electrons. The van der Waals surface area contributed by atoms with Gasteiger partial charge < -0.3 is 15.1 Å². The average Bonchev–Trinajstić information content (AvgIpc) is 3.26. The fourth-order valence-electron chi connectivity index (χ4n) is 2.83. The minimum Gasteiger partial charge on any atom is -0.357 e. The summed E-state index contributed by atoms with van der Waals surface area (Å²) < 4.78 is 1.71. The first-order valence-electron chi connectivity index (χ1n) is 8.52. The van der Waals surface area contributed by atoms with E-state index in [1.807, 2.05) is 25.1 Å². The zero-order valence-electron chi connectivity index (χ0n) is 14.7. The summed E-state index contributed by atoms with van der Waals surface area (Å²) in [6.07, 6.45) is 4.53. The number of amides is 1. The van der Waals surface area contributed by atoms with Crippen molar-refractivity contribution in [3.05, 3.63) is 34.8 Å². The lowest BCUT2D eigenvalue weighted by Crippen LogP contribution is -2.55. The predicted octanol–water partition coefficient (Wildman–Crippen LogP) is 1.34. The number of hydrogen-bond acceptors (Lipinski definition) is 4. The lowest BCUT2D eigenvalue weighted by molar-refractivity contribution is -0.120. The molecule has 0 saturated carbocycles. The topological polar surface area (TPSA) is 65.8 Å². The van der Waals surface area contributed by atoms with Crippen LogP contribution in [-0.4, -0.2) is 59.3 Å². The number of nitrogens with zero attached hydrogens (tertiary/aromatic N) is 5. The van der Waals surface area contributed by atoms with Crippen molar-refractivity contribution in [3.63, 3.8) is 0 Å². The number of aliphatic imine (C=N–C) groups is 1. The monoisotopic (exact) mass is 360 g/mol. The fraction of sp³-hybridized carbons (Fsp3) is 0.471. The van der Waals surface area contributed by atoms with Crippen LogP contribution in [0.15, 0.2) is 34.9 Å². The summed E-state index contributed by atoms with van der Waals surface area (Å²) in [4.78, 5) is 22.4. The molecule has 0 aromatic carbocycles. The highest BCUT2D eigenvalue weighted by Crippen LogP contribution is 2.16. The first-order chi connectivity index (χ1) is 12.2. The summed E-state index contributed by atoms with van der Waals surface area (Å²) in [7, 11) is 1.85. The van der Waals surface area contributed by atoms with Crippen LogP contribution in [0.25, 0.3) is 0 Å². The largest absolute Gasteiger partial charge is 0.357 e. The summed E-state index contributed by atoms with van der Waals surface area (Å²) in [5.41, 5.74) is 0.854. The number of thiophene rings is 1. The number of carbonyl (C=O) groups is 1. The number of rotatable bonds is 5. The van der Waals surface area contributed by atoms with Gasteiger partial charge in [-0.3, -0.25) is 14.5 Å². The normalized spacial score (nSPS) is 15.8. The molecule has 1 aliphatic heterocycles. The summed E-state index contributed by atoms with van der Waals surface area (Å²) in [5.74, 6) is 0.890. The lowest BCUT2D eigenvalue weighted by atomic mass is 10.3. The fourth-order valence-corrected chi connectivity index (χ4v) is 3.53. The highest BCUT2D eigenvalue weighted by molar-refractivity contribution is 7.09. The first-order valence-corrected chi connectivity index (χ1v) is 9.40. The van der Waals surface area contributed by atoms with Gasteiger partial charge in [-0.1, -0.05) is 6.07 Å². The molecule has 1 saturated heterocycles. The van der Waals surface area contributed by atoms with Gasteiger partial charge in [0.15, 0.2) is 5.96 Å². The van der Waals surface area contributed by atoms with Crippen molar-refractivity contribution in [2.45, 2.75) is 13.3 Å². The van der Waals surface area contributed by atoms with Crippen LogP contribution in [0.1, 0.15) is 11.8 Å². The van der Waals surface area contributed by atoms with E-state index in [2.05, 4.69) is 27.9 Å². The molecule has 7 nitrogen and oxygen atoms in total. The van der Waals surface area contributed by atoms with Crippen LogP contribution < -0.4 is 10.2 Å². The van der Waals surface area contributed by atoms with Crippen molar-refractivity contribution in [2.75, 3.05) is 37.6 Å². The maximum absolute atomic E-state index is 12.5. The number of aromatic nitrogens is 2. The Morgan fingerprint density at radius 1 is 1.44 bits per heavy atom. The lowest BCUT2D eigenvalue weighted by Gasteiger charge is -2.35. The molecule has 3 heterocycles. The van der Waals surface area contributed by atoms with E-state index in [9.17, 15) is 4.79 Å². The Kier molecular flexibility index (Phi) is 5.70. The molecular weight excluding hydrogens is 336 g/mol. The number of nitrogens with one attached hydrogen (secondary N) is 1. The molecule has 0 aliphatic carbocycles. The Balaban J connectivity index is 1.61. The first kappa shape index (κ1) is 17.5. The minimum absolute atomic E-state index is 0.0723. The van der Waals surface area contributed by atoms with Gasteiger partial charge in [-0.15, -0.1) is 11.3 Å². The van der Waals surface area contributed by atoms with Gasteiger partial charge in [0.2, 0.25) is 5.91 Å². The Morgan fingerprint density at radius 2 is 2.32 bits per heavy atom. The molecule has 25 heavy (non-hydrogen) atoms. The number of anilines is 1. The van der Waals surface area contributed by atoms with Crippen LogP contribution >= 0.6 is 11.3 Å². The minimum atomic E-state index is 0.0723. The highest BCUT2D eigenvalue weighted by Gasteiger charge is 2.27. The van der Waals surface area contributed by atoms with E-state index in [0.717, 1.165) is 37.7 Å². The van der Waals surface area contributed by atoms with Crippen LogP contribution in [0, 0.1) is 0 Å². The zero-order chi connectivity index (χ0) is 17.6. The molecule has 1 N–H and O–H groups in total. The van der Waals surface area contributed by atoms with Crippen LogP contribution in [0.2, 0.25) is 0 Å². The Morgan fingerprint density at radius 3 is 2.96 bits per heavy atom. The standard InChI is InChI=1S/C17H24N6OS/c1-3-18-17(19-7-6-15-5-4-10-25-15)22-8-9-23(16(24)13-22)14-11-20-21(2)12-14/h4-5,10-12H,3,6-9,13H2,1-2H3,(H,18,19). The van der Waals surface area contributed by atoms with Gasteiger partial charge in [-0.2, -0.15) is 5.10 Å². The molecule has 2 aromatic rings. The summed E-state index contributed by atoms with van der Waals surface area (Å²) in [6, 6.07) is 4.19. The van der Waals surface area contributed by atoms with Gasteiger partial charge in [0.1, 0.15) is 6.54 Å². The van der Waals surface area contributed by atoms with E-state index in [4.69, 9.17) is 4.99 Å². The molecule has 1 amide bonds. The zero-order valence-corrected chi connectivity index (χ0v) is 15.5. The van der Waals surface area contributed by atoms with Crippen LogP contribution in [0.5, 0.6) is 0 Å². The van der Waals surface area contributed by atoms with Crippen molar-refractivity contribution in [3.8, 4) is 0 Å². The smallest absolute Gasteiger partial charge is 0.246 e. The summed E-state index contributed by atoms with van der Waals surface area (Å²) >= 11 is 1.75. The van der Waals surface area contributed by atoms with E-state index in [0.29, 0.717) is 13.1 Å². The summed E-state index contributed by atoms with van der Waals surface area (Å²) in [6.45, 7) is 5.28. The molecule has 0 bridgehead atoms. The number of hydrogen-bond donors (Lipinski definition) is 1. The summed E-state index contributed by atoms with van der Waals surface area (Å²) in [5, 5.41) is 9.54. The van der Waals surface area contributed by atoms with Crippen LogP contribution in [-0.2, 0) is 18.3 Å². The van der Waals surface area contributed by atoms with Gasteiger partial charge >= 0.3 is 0 Å². The molecule has 1 fully saturated rings. The maximum atomic E-state index is 12.5. The number of aryl methyl sites for hydroxylation is 1. The van der Waals surface area contributed by atoms with E-state index >= 15 is 0 Å². The quantitative estimate of drug-likeness (QED) is 0.645. The second kappa shape index (κ2) is 8.15. The van der Waals surface area contributed by atoms with Crippen LogP contribution in [0.3, 0.4) is 0 Å². The van der Waals surface area contributed by atoms with Gasteiger partial charge in [0.05, 0.1) is 11.9 Å².